The molecule has 0 aliphatic carbocycles. The molecule has 0 atom stereocenters. The molecule has 0 aliphatic rings. The summed E-state index contributed by atoms with van der Waals surface area (Å²) >= 11 is 0. The number of carbonyl (C=O) groups is 1. The van der Waals surface area contributed by atoms with Crippen molar-refractivity contribution >= 4 is 11.8 Å². The van der Waals surface area contributed by atoms with Crippen LogP contribution in [0.2, 0.25) is 0 Å². The fourth-order valence-electron chi connectivity index (χ4n) is 0.713. The Morgan fingerprint density at radius 3 is 2.85 bits per heavy atom. The monoisotopic (exact) mass is 176 g/mol. The van der Waals surface area contributed by atoms with Crippen molar-refractivity contribution in [2.45, 2.75) is 0 Å². The van der Waals surface area contributed by atoms with Crippen molar-refractivity contribution in [1.29, 1.82) is 5.26 Å². The molecule has 0 saturated heterocycles. The number of rotatable bonds is 1. The molecule has 0 aromatic carbocycles. The van der Waals surface area contributed by atoms with Crippen LogP contribution in [-0.2, 0) is 0 Å². The van der Waals surface area contributed by atoms with Gasteiger partial charge in [0.1, 0.15) is 11.9 Å². The van der Waals surface area contributed by atoms with E-state index in [-0.39, 0.29) is 6.03 Å². The SMILES string of the molecule is CNC(=O)Nc1ccc(C#N)cn1. The number of nitrogens with zero attached hydrogens (tertiary/aromatic N) is 2. The summed E-state index contributed by atoms with van der Waals surface area (Å²) in [7, 11) is 1.51. The quantitative estimate of drug-likeness (QED) is 0.661. The van der Waals surface area contributed by atoms with Gasteiger partial charge < -0.3 is 5.32 Å². The highest BCUT2D eigenvalue weighted by molar-refractivity contribution is 5.87. The second-order valence-electron chi connectivity index (χ2n) is 2.25. The van der Waals surface area contributed by atoms with E-state index in [0.29, 0.717) is 11.4 Å². The Morgan fingerprint density at radius 1 is 1.62 bits per heavy atom. The molecular formula is C8H8N4O. The molecule has 2 N–H and O–H groups in total. The van der Waals surface area contributed by atoms with Crippen LogP contribution < -0.4 is 10.6 Å². The predicted octanol–water partition coefficient (Wildman–Crippen LogP) is 0.705. The lowest BCUT2D eigenvalue weighted by Gasteiger charge is -2.01. The minimum Gasteiger partial charge on any atom is -0.341 e. The molecule has 13 heavy (non-hydrogen) atoms. The number of urea groups is 1. The van der Waals surface area contributed by atoms with E-state index < -0.39 is 0 Å². The minimum atomic E-state index is -0.336. The van der Waals surface area contributed by atoms with Gasteiger partial charge in [0, 0.05) is 13.2 Å². The molecule has 5 heteroatoms. The Balaban J connectivity index is 2.71. The Kier molecular flexibility index (Phi) is 2.82. The van der Waals surface area contributed by atoms with Crippen molar-refractivity contribution in [1.82, 2.24) is 10.3 Å². The third kappa shape index (κ3) is 2.45. The number of anilines is 1. The zero-order valence-electron chi connectivity index (χ0n) is 7.03. The topological polar surface area (TPSA) is 77.8 Å². The van der Waals surface area contributed by atoms with Crippen LogP contribution in [0.3, 0.4) is 0 Å². The smallest absolute Gasteiger partial charge is 0.320 e. The molecule has 0 fully saturated rings. The lowest BCUT2D eigenvalue weighted by molar-refractivity contribution is 0.254. The van der Waals surface area contributed by atoms with Crippen LogP contribution in [0.25, 0.3) is 0 Å². The molecule has 66 valence electrons. The molecule has 0 aliphatic heterocycles. The van der Waals surface area contributed by atoms with Crippen LogP contribution in [0.1, 0.15) is 5.56 Å². The average molecular weight is 176 g/mol. The number of pyridine rings is 1. The highest BCUT2D eigenvalue weighted by Crippen LogP contribution is 2.03. The highest BCUT2D eigenvalue weighted by atomic mass is 16.2. The summed E-state index contributed by atoms with van der Waals surface area (Å²) in [5.74, 6) is 0.415. The maximum atomic E-state index is 10.8. The summed E-state index contributed by atoms with van der Waals surface area (Å²) in [6.45, 7) is 0. The predicted molar refractivity (Wildman–Crippen MR) is 47.0 cm³/mol. The van der Waals surface area contributed by atoms with Gasteiger partial charge in [0.2, 0.25) is 0 Å². The lowest BCUT2D eigenvalue weighted by Crippen LogP contribution is -2.24. The Morgan fingerprint density at radius 2 is 2.38 bits per heavy atom. The Hall–Kier alpha value is -2.09. The van der Waals surface area contributed by atoms with Crippen LogP contribution in [0.5, 0.6) is 0 Å². The number of hydrogen-bond acceptors (Lipinski definition) is 3. The van der Waals surface area contributed by atoms with Gasteiger partial charge in [-0.1, -0.05) is 0 Å². The molecule has 1 heterocycles. The summed E-state index contributed by atoms with van der Waals surface area (Å²) in [6, 6.07) is 4.74. The number of hydrogen-bond donors (Lipinski definition) is 2. The van der Waals surface area contributed by atoms with Gasteiger partial charge in [-0.05, 0) is 12.1 Å². The van der Waals surface area contributed by atoms with Crippen molar-refractivity contribution in [3.05, 3.63) is 23.9 Å². The molecule has 0 radical (unpaired) electrons. The summed E-state index contributed by atoms with van der Waals surface area (Å²) in [4.78, 5) is 14.7. The molecule has 1 rings (SSSR count). The van der Waals surface area contributed by atoms with Crippen LogP contribution in [0.15, 0.2) is 18.3 Å². The van der Waals surface area contributed by atoms with Gasteiger partial charge in [-0.2, -0.15) is 5.26 Å². The van der Waals surface area contributed by atoms with Crippen LogP contribution >= 0.6 is 0 Å². The van der Waals surface area contributed by atoms with E-state index in [2.05, 4.69) is 15.6 Å². The molecule has 5 nitrogen and oxygen atoms in total. The van der Waals surface area contributed by atoms with E-state index >= 15 is 0 Å². The summed E-state index contributed by atoms with van der Waals surface area (Å²) in [5, 5.41) is 13.3. The maximum Gasteiger partial charge on any atom is 0.320 e. The molecule has 0 unspecified atom stereocenters. The van der Waals surface area contributed by atoms with Gasteiger partial charge in [0.15, 0.2) is 0 Å². The van der Waals surface area contributed by atoms with Gasteiger partial charge in [-0.3, -0.25) is 5.32 Å². The molecular weight excluding hydrogens is 168 g/mol. The Bertz CT molecular complexity index is 338. The fourth-order valence-corrected chi connectivity index (χ4v) is 0.713. The third-order valence-corrected chi connectivity index (χ3v) is 1.36. The zero-order chi connectivity index (χ0) is 9.68. The van der Waals surface area contributed by atoms with E-state index in [4.69, 9.17) is 5.26 Å². The normalized spacial score (nSPS) is 8.62. The van der Waals surface area contributed by atoms with Crippen molar-refractivity contribution in [2.75, 3.05) is 12.4 Å². The van der Waals surface area contributed by atoms with Crippen molar-refractivity contribution in [3.63, 3.8) is 0 Å². The largest absolute Gasteiger partial charge is 0.341 e. The second-order valence-corrected chi connectivity index (χ2v) is 2.25. The van der Waals surface area contributed by atoms with Gasteiger partial charge >= 0.3 is 6.03 Å². The lowest BCUT2D eigenvalue weighted by atomic mass is 10.3. The van der Waals surface area contributed by atoms with Gasteiger partial charge in [-0.25, -0.2) is 9.78 Å². The van der Waals surface area contributed by atoms with E-state index in [1.807, 2.05) is 6.07 Å². The third-order valence-electron chi connectivity index (χ3n) is 1.36. The van der Waals surface area contributed by atoms with Crippen LogP contribution in [0.4, 0.5) is 10.6 Å². The van der Waals surface area contributed by atoms with E-state index in [9.17, 15) is 4.79 Å². The molecule has 0 spiro atoms. The number of amides is 2. The number of nitriles is 1. The second kappa shape index (κ2) is 4.07. The molecule has 2 amide bonds. The standard InChI is InChI=1S/C8H8N4O/c1-10-8(13)12-7-3-2-6(4-9)5-11-7/h2-3,5H,1H3,(H2,10,11,12,13). The van der Waals surface area contributed by atoms with Crippen molar-refractivity contribution < 1.29 is 4.79 Å². The number of nitrogens with one attached hydrogen (secondary N) is 2. The minimum absolute atomic E-state index is 0.336. The van der Waals surface area contributed by atoms with Crippen LogP contribution in [-0.4, -0.2) is 18.1 Å². The molecule has 1 aromatic heterocycles. The van der Waals surface area contributed by atoms with E-state index in [0.717, 1.165) is 0 Å². The summed E-state index contributed by atoms with van der Waals surface area (Å²) < 4.78 is 0. The average Bonchev–Trinajstić information content (AvgIpc) is 2.19. The summed E-state index contributed by atoms with van der Waals surface area (Å²) in [6.07, 6.45) is 1.39. The first-order valence-corrected chi connectivity index (χ1v) is 3.61. The fraction of sp³-hybridized carbons (Fsp3) is 0.125. The Labute approximate surface area is 75.4 Å². The van der Waals surface area contributed by atoms with Gasteiger partial charge in [0.05, 0.1) is 5.56 Å². The van der Waals surface area contributed by atoms with E-state index in [1.165, 1.54) is 13.2 Å². The zero-order valence-corrected chi connectivity index (χ0v) is 7.03. The first-order chi connectivity index (χ1) is 6.26. The molecule has 0 bridgehead atoms. The van der Waals surface area contributed by atoms with Gasteiger partial charge in [-0.15, -0.1) is 0 Å². The first kappa shape index (κ1) is 9.00. The van der Waals surface area contributed by atoms with Crippen molar-refractivity contribution in [2.24, 2.45) is 0 Å². The van der Waals surface area contributed by atoms with Crippen LogP contribution in [0, 0.1) is 11.3 Å². The highest BCUT2D eigenvalue weighted by Gasteiger charge is 1.98. The van der Waals surface area contributed by atoms with E-state index in [1.54, 1.807) is 12.1 Å². The number of carbonyl (C=O) groups excluding carboxylic acids is 1. The van der Waals surface area contributed by atoms with Crippen molar-refractivity contribution in [3.8, 4) is 6.07 Å². The first-order valence-electron chi connectivity index (χ1n) is 3.61. The number of aromatic nitrogens is 1. The molecule has 1 aromatic rings. The summed E-state index contributed by atoms with van der Waals surface area (Å²) in [5.41, 5.74) is 0.461. The van der Waals surface area contributed by atoms with Gasteiger partial charge in [0.25, 0.3) is 0 Å². The maximum absolute atomic E-state index is 10.8. The molecule has 0 saturated carbocycles.